The zero-order valence-electron chi connectivity index (χ0n) is 12.2. The molecule has 0 saturated carbocycles. The summed E-state index contributed by atoms with van der Waals surface area (Å²) in [4.78, 5) is 22.2. The average Bonchev–Trinajstić information content (AvgIpc) is 2.27. The van der Waals surface area contributed by atoms with Gasteiger partial charge in [-0.3, -0.25) is 4.79 Å². The lowest BCUT2D eigenvalue weighted by Gasteiger charge is -2.06. The molecule has 0 aliphatic rings. The van der Waals surface area contributed by atoms with E-state index in [1.165, 1.54) is 0 Å². The molecule has 0 radical (unpaired) electrons. The molecule has 0 unspecified atom stereocenters. The molecule has 0 atom stereocenters. The standard InChI is InChI=1S/C15H28O3/c1-13(2)9-11-18-12-10-15(17)8-6-4-5-7-14(3)16/h13H,4-12H2,1-3H3. The first-order valence-electron chi connectivity index (χ1n) is 7.11. The Kier molecular flexibility index (Phi) is 11.0. The summed E-state index contributed by atoms with van der Waals surface area (Å²) in [7, 11) is 0. The Labute approximate surface area is 111 Å². The summed E-state index contributed by atoms with van der Waals surface area (Å²) in [6.45, 7) is 7.24. The minimum atomic E-state index is 0.236. The molecule has 0 amide bonds. The number of hydrogen-bond donors (Lipinski definition) is 0. The molecule has 0 N–H and O–H groups in total. The Morgan fingerprint density at radius 2 is 1.61 bits per heavy atom. The molecule has 0 heterocycles. The number of ether oxygens (including phenoxy) is 1. The van der Waals surface area contributed by atoms with Gasteiger partial charge in [0.1, 0.15) is 11.6 Å². The fourth-order valence-corrected chi connectivity index (χ4v) is 1.60. The maximum atomic E-state index is 11.5. The number of hydrogen-bond acceptors (Lipinski definition) is 3. The Bertz CT molecular complexity index is 234. The summed E-state index contributed by atoms with van der Waals surface area (Å²) in [5.41, 5.74) is 0. The van der Waals surface area contributed by atoms with Crippen molar-refractivity contribution in [2.24, 2.45) is 5.92 Å². The van der Waals surface area contributed by atoms with Crippen LogP contribution in [0.2, 0.25) is 0 Å². The molecule has 0 fully saturated rings. The Hall–Kier alpha value is -0.700. The number of ketones is 2. The van der Waals surface area contributed by atoms with E-state index < -0.39 is 0 Å². The van der Waals surface area contributed by atoms with Crippen LogP contribution in [0.4, 0.5) is 0 Å². The zero-order valence-corrected chi connectivity index (χ0v) is 12.2. The van der Waals surface area contributed by atoms with E-state index >= 15 is 0 Å². The first-order chi connectivity index (χ1) is 8.52. The van der Waals surface area contributed by atoms with Gasteiger partial charge in [0.25, 0.3) is 0 Å². The topological polar surface area (TPSA) is 43.4 Å². The first kappa shape index (κ1) is 17.3. The molecule has 0 aliphatic heterocycles. The summed E-state index contributed by atoms with van der Waals surface area (Å²) in [5.74, 6) is 1.17. The molecule has 0 saturated heterocycles. The molecule has 3 nitrogen and oxygen atoms in total. The normalized spacial score (nSPS) is 10.9. The third kappa shape index (κ3) is 13.4. The Morgan fingerprint density at radius 1 is 0.944 bits per heavy atom. The second-order valence-electron chi connectivity index (χ2n) is 5.35. The summed E-state index contributed by atoms with van der Waals surface area (Å²) >= 11 is 0. The maximum Gasteiger partial charge on any atom is 0.135 e. The van der Waals surface area contributed by atoms with Gasteiger partial charge in [-0.05, 0) is 32.1 Å². The van der Waals surface area contributed by atoms with Gasteiger partial charge in [-0.15, -0.1) is 0 Å². The quantitative estimate of drug-likeness (QED) is 0.501. The molecule has 0 aromatic rings. The van der Waals surface area contributed by atoms with Crippen LogP contribution in [0.1, 0.15) is 65.7 Å². The van der Waals surface area contributed by atoms with E-state index in [1.54, 1.807) is 6.92 Å². The first-order valence-corrected chi connectivity index (χ1v) is 7.11. The summed E-state index contributed by atoms with van der Waals surface area (Å²) in [6, 6.07) is 0. The molecule has 0 aromatic heterocycles. The van der Waals surface area contributed by atoms with Crippen molar-refractivity contribution in [3.8, 4) is 0 Å². The molecule has 0 aliphatic carbocycles. The van der Waals surface area contributed by atoms with Crippen LogP contribution in [0.3, 0.4) is 0 Å². The fraction of sp³-hybridized carbons (Fsp3) is 0.867. The third-order valence-corrected chi connectivity index (χ3v) is 2.85. The molecular formula is C15H28O3. The van der Waals surface area contributed by atoms with Crippen LogP contribution in [0.5, 0.6) is 0 Å². The van der Waals surface area contributed by atoms with E-state index in [0.29, 0.717) is 31.8 Å². The molecule has 0 bridgehead atoms. The van der Waals surface area contributed by atoms with Crippen molar-refractivity contribution in [1.29, 1.82) is 0 Å². The van der Waals surface area contributed by atoms with Crippen molar-refractivity contribution in [3.05, 3.63) is 0 Å². The van der Waals surface area contributed by atoms with Gasteiger partial charge in [-0.25, -0.2) is 0 Å². The van der Waals surface area contributed by atoms with E-state index in [1.807, 2.05) is 0 Å². The van der Waals surface area contributed by atoms with E-state index in [9.17, 15) is 9.59 Å². The molecule has 0 spiro atoms. The highest BCUT2D eigenvalue weighted by Gasteiger charge is 2.02. The van der Waals surface area contributed by atoms with Crippen LogP contribution in [-0.2, 0) is 14.3 Å². The van der Waals surface area contributed by atoms with Crippen molar-refractivity contribution >= 4 is 11.6 Å². The SMILES string of the molecule is CC(=O)CCCCCC(=O)CCOCCC(C)C. The smallest absolute Gasteiger partial charge is 0.135 e. The van der Waals surface area contributed by atoms with E-state index in [0.717, 1.165) is 32.3 Å². The van der Waals surface area contributed by atoms with Gasteiger partial charge >= 0.3 is 0 Å². The number of unbranched alkanes of at least 4 members (excludes halogenated alkanes) is 2. The fourth-order valence-electron chi connectivity index (χ4n) is 1.60. The molecular weight excluding hydrogens is 228 g/mol. The van der Waals surface area contributed by atoms with Gasteiger partial charge in [-0.2, -0.15) is 0 Å². The second kappa shape index (κ2) is 11.4. The van der Waals surface area contributed by atoms with Crippen LogP contribution in [0, 0.1) is 5.92 Å². The van der Waals surface area contributed by atoms with Crippen molar-refractivity contribution in [2.75, 3.05) is 13.2 Å². The van der Waals surface area contributed by atoms with Crippen molar-refractivity contribution < 1.29 is 14.3 Å². The largest absolute Gasteiger partial charge is 0.381 e. The van der Waals surface area contributed by atoms with Gasteiger partial charge in [0.15, 0.2) is 0 Å². The summed E-state index contributed by atoms with van der Waals surface area (Å²) < 4.78 is 5.41. The molecule has 0 rings (SSSR count). The predicted octanol–water partition coefficient (Wildman–Crippen LogP) is 3.55. The van der Waals surface area contributed by atoms with Crippen molar-refractivity contribution in [1.82, 2.24) is 0 Å². The molecule has 0 aromatic carbocycles. The Morgan fingerprint density at radius 3 is 2.22 bits per heavy atom. The van der Waals surface area contributed by atoms with Crippen LogP contribution < -0.4 is 0 Å². The highest BCUT2D eigenvalue weighted by molar-refractivity contribution is 5.78. The predicted molar refractivity (Wildman–Crippen MR) is 73.7 cm³/mol. The van der Waals surface area contributed by atoms with Gasteiger partial charge in [0, 0.05) is 25.9 Å². The van der Waals surface area contributed by atoms with Gasteiger partial charge < -0.3 is 9.53 Å². The molecule has 3 heteroatoms. The number of carbonyl (C=O) groups is 2. The lowest BCUT2D eigenvalue weighted by atomic mass is 10.1. The Balaban J connectivity index is 3.25. The molecule has 18 heavy (non-hydrogen) atoms. The zero-order chi connectivity index (χ0) is 13.8. The van der Waals surface area contributed by atoms with Crippen LogP contribution in [0.15, 0.2) is 0 Å². The van der Waals surface area contributed by atoms with Crippen LogP contribution >= 0.6 is 0 Å². The van der Waals surface area contributed by atoms with E-state index in [-0.39, 0.29) is 11.6 Å². The number of carbonyl (C=O) groups excluding carboxylic acids is 2. The monoisotopic (exact) mass is 256 g/mol. The number of Topliss-reactive ketones (excluding diaryl/α,β-unsaturated/α-hetero) is 2. The number of rotatable bonds is 12. The lowest BCUT2D eigenvalue weighted by Crippen LogP contribution is -2.06. The second-order valence-corrected chi connectivity index (χ2v) is 5.35. The average molecular weight is 256 g/mol. The van der Waals surface area contributed by atoms with Crippen LogP contribution in [0.25, 0.3) is 0 Å². The summed E-state index contributed by atoms with van der Waals surface area (Å²) in [5, 5.41) is 0. The van der Waals surface area contributed by atoms with Crippen molar-refractivity contribution in [2.45, 2.75) is 65.7 Å². The third-order valence-electron chi connectivity index (χ3n) is 2.85. The highest BCUT2D eigenvalue weighted by atomic mass is 16.5. The molecule has 106 valence electrons. The minimum absolute atomic E-state index is 0.236. The van der Waals surface area contributed by atoms with E-state index in [4.69, 9.17) is 4.74 Å². The van der Waals surface area contributed by atoms with E-state index in [2.05, 4.69) is 13.8 Å². The van der Waals surface area contributed by atoms with Gasteiger partial charge in [0.2, 0.25) is 0 Å². The van der Waals surface area contributed by atoms with Gasteiger partial charge in [-0.1, -0.05) is 20.3 Å². The lowest BCUT2D eigenvalue weighted by molar-refractivity contribution is -0.120. The maximum absolute atomic E-state index is 11.5. The van der Waals surface area contributed by atoms with Crippen LogP contribution in [-0.4, -0.2) is 24.8 Å². The van der Waals surface area contributed by atoms with Crippen molar-refractivity contribution in [3.63, 3.8) is 0 Å². The highest BCUT2D eigenvalue weighted by Crippen LogP contribution is 2.06. The summed E-state index contributed by atoms with van der Waals surface area (Å²) in [6.07, 6.45) is 5.65. The minimum Gasteiger partial charge on any atom is -0.381 e. The van der Waals surface area contributed by atoms with Gasteiger partial charge in [0.05, 0.1) is 6.61 Å².